The van der Waals surface area contributed by atoms with Gasteiger partial charge in [-0.2, -0.15) is 0 Å². The lowest BCUT2D eigenvalue weighted by molar-refractivity contribution is -0.137. The Morgan fingerprint density at radius 3 is 1.22 bits per heavy atom. The predicted octanol–water partition coefficient (Wildman–Crippen LogP) is -0.357. The van der Waals surface area contributed by atoms with Gasteiger partial charge in [0.05, 0.1) is 36.7 Å². The first-order valence-electron chi connectivity index (χ1n) is 21.6. The Hall–Kier alpha value is -7.85. The summed E-state index contributed by atoms with van der Waals surface area (Å²) in [6.45, 7) is 3.80. The summed E-state index contributed by atoms with van der Waals surface area (Å²) >= 11 is 0. The molecular weight excluding hydrogens is 891 g/mol. The molecule has 0 saturated heterocycles. The lowest BCUT2D eigenvalue weighted by Crippen LogP contribution is -2.54. The predicted molar refractivity (Wildman–Crippen MR) is 242 cm³/mol. The van der Waals surface area contributed by atoms with Crippen LogP contribution in [0.2, 0.25) is 0 Å². The number of nitrogens with zero attached hydrogens (tertiary/aromatic N) is 4. The monoisotopic (exact) mass is 947 g/mol. The van der Waals surface area contributed by atoms with Crippen LogP contribution in [-0.4, -0.2) is 93.3 Å². The Labute approximate surface area is 389 Å². The minimum atomic E-state index is -1.65. The van der Waals surface area contributed by atoms with Gasteiger partial charge in [-0.25, -0.2) is 4.79 Å². The quantitative estimate of drug-likeness (QED) is 0.0597. The molecular formula is C45H57N9O14. The number of pyridine rings is 3. The molecule has 0 unspecified atom stereocenters. The number of urea groups is 1. The van der Waals surface area contributed by atoms with Gasteiger partial charge in [0, 0.05) is 119 Å². The molecule has 0 spiro atoms. The average molecular weight is 948 g/mol. The molecule has 8 N–H and O–H groups in total. The first-order chi connectivity index (χ1) is 31.9. The van der Waals surface area contributed by atoms with E-state index in [1.54, 1.807) is 41.9 Å². The summed E-state index contributed by atoms with van der Waals surface area (Å²) in [6, 6.07) is 2.53. The number of aromatic nitrogens is 3. The molecule has 1 aliphatic heterocycles. The molecule has 0 radical (unpaired) electrons. The molecule has 0 fully saturated rings. The van der Waals surface area contributed by atoms with Crippen LogP contribution >= 0.6 is 0 Å². The van der Waals surface area contributed by atoms with Gasteiger partial charge in [-0.1, -0.05) is 0 Å². The van der Waals surface area contributed by atoms with Crippen molar-refractivity contribution in [2.24, 2.45) is 21.1 Å². The number of ketones is 1. The summed E-state index contributed by atoms with van der Waals surface area (Å²) in [5.74, 6) is -6.24. The molecule has 4 rings (SSSR count). The number of aromatic hydroxyl groups is 3. The van der Waals surface area contributed by atoms with Gasteiger partial charge in [0.25, 0.3) is 11.8 Å². The smallest absolute Gasteiger partial charge is 0.321 e. The van der Waals surface area contributed by atoms with Crippen molar-refractivity contribution in [3.05, 3.63) is 95.2 Å². The third-order valence-electron chi connectivity index (χ3n) is 12.0. The highest BCUT2D eigenvalue weighted by Gasteiger charge is 2.35. The third kappa shape index (κ3) is 13.8. The molecule has 4 heterocycles. The topological polar surface area (TPSA) is 327 Å². The van der Waals surface area contributed by atoms with Crippen LogP contribution in [0.25, 0.3) is 0 Å². The summed E-state index contributed by atoms with van der Waals surface area (Å²) in [5, 5.41) is 44.0. The van der Waals surface area contributed by atoms with Crippen LogP contribution in [0.3, 0.4) is 0 Å². The van der Waals surface area contributed by atoms with Crippen LogP contribution < -0.4 is 42.9 Å². The Bertz CT molecular complexity index is 2490. The van der Waals surface area contributed by atoms with E-state index in [9.17, 15) is 68.1 Å². The fourth-order valence-electron chi connectivity index (χ4n) is 7.37. The third-order valence-corrected chi connectivity index (χ3v) is 12.0. The molecule has 1 aliphatic rings. The zero-order valence-electron chi connectivity index (χ0n) is 38.7. The van der Waals surface area contributed by atoms with E-state index in [-0.39, 0.29) is 94.6 Å². The van der Waals surface area contributed by atoms with Crippen LogP contribution in [0.15, 0.2) is 44.7 Å². The van der Waals surface area contributed by atoms with E-state index in [4.69, 9.17) is 0 Å². The Morgan fingerprint density at radius 2 is 0.868 bits per heavy atom. The lowest BCUT2D eigenvalue weighted by Gasteiger charge is -2.35. The standard InChI is InChI=1S/C45H57N9O14/c1-25-19-32(56)41(65)29(51(25)4)22-46-35(59)11-15-45(16-12-36(60)47-23-30-42(66)33(57)20-26(2)52(30)5,17-13-37(61)48-24-31-43(67)34(58)21-27(3)53(31)6)50-44(68)49-38(62)8-7-28(55)14-18-54-39(63)9-10-40(54)64/h9-10,19-21,65-67H,7-8,11-18,22-24H2,1-6H3,(H,46,59)(H,47,60)(H,48,61)(H2,49,50,62,68). The number of amides is 8. The molecule has 366 valence electrons. The highest BCUT2D eigenvalue weighted by atomic mass is 16.3. The Kier molecular flexibility index (Phi) is 17.9. The number of rotatable bonds is 22. The highest BCUT2D eigenvalue weighted by molar-refractivity contribution is 6.13. The van der Waals surface area contributed by atoms with Crippen LogP contribution in [-0.2, 0) is 74.3 Å². The van der Waals surface area contributed by atoms with Gasteiger partial charge in [0.2, 0.25) is 39.9 Å². The zero-order valence-corrected chi connectivity index (χ0v) is 38.7. The molecule has 3 aromatic rings. The molecule has 0 bridgehead atoms. The van der Waals surface area contributed by atoms with Crippen molar-refractivity contribution < 1.29 is 53.7 Å². The summed E-state index contributed by atoms with van der Waals surface area (Å²) in [5.41, 5.74) is -1.86. The van der Waals surface area contributed by atoms with Gasteiger partial charge in [0.15, 0.2) is 17.2 Å². The number of Topliss-reactive ketones (excluding diaryl/α,β-unsaturated/α-hetero) is 1. The van der Waals surface area contributed by atoms with Crippen LogP contribution in [0.1, 0.15) is 92.0 Å². The molecule has 0 saturated carbocycles. The highest BCUT2D eigenvalue weighted by Crippen LogP contribution is 2.27. The molecule has 68 heavy (non-hydrogen) atoms. The number of hydrogen-bond acceptors (Lipinski definition) is 14. The second kappa shape index (κ2) is 23.1. The fraction of sp³-hybridized carbons (Fsp3) is 0.444. The van der Waals surface area contributed by atoms with Crippen molar-refractivity contribution in [3.63, 3.8) is 0 Å². The van der Waals surface area contributed by atoms with Gasteiger partial charge in [-0.05, 0) is 40.0 Å². The molecule has 23 nitrogen and oxygen atoms in total. The minimum absolute atomic E-state index is 0.0989. The second-order valence-corrected chi connectivity index (χ2v) is 16.6. The number of hydrogen-bond donors (Lipinski definition) is 8. The number of carbonyl (C=O) groups is 8. The maximum absolute atomic E-state index is 13.7. The van der Waals surface area contributed by atoms with E-state index in [2.05, 4.69) is 26.6 Å². The summed E-state index contributed by atoms with van der Waals surface area (Å²) in [7, 11) is 4.73. The van der Waals surface area contributed by atoms with Crippen molar-refractivity contribution in [2.45, 2.75) is 104 Å². The summed E-state index contributed by atoms with van der Waals surface area (Å²) in [4.78, 5) is 141. The fourth-order valence-corrected chi connectivity index (χ4v) is 7.37. The molecule has 0 aliphatic carbocycles. The van der Waals surface area contributed by atoms with E-state index >= 15 is 0 Å². The first-order valence-corrected chi connectivity index (χ1v) is 21.6. The maximum Gasteiger partial charge on any atom is 0.321 e. The minimum Gasteiger partial charge on any atom is -0.503 e. The van der Waals surface area contributed by atoms with Gasteiger partial charge in [-0.3, -0.25) is 58.2 Å². The van der Waals surface area contributed by atoms with Crippen molar-refractivity contribution in [2.75, 3.05) is 6.54 Å². The number of carbonyl (C=O) groups excluding carboxylic acids is 8. The van der Waals surface area contributed by atoms with E-state index in [0.717, 1.165) is 17.1 Å². The average Bonchev–Trinajstić information content (AvgIpc) is 3.61. The summed E-state index contributed by atoms with van der Waals surface area (Å²) < 4.78 is 4.51. The van der Waals surface area contributed by atoms with Gasteiger partial charge >= 0.3 is 6.03 Å². The maximum atomic E-state index is 13.7. The zero-order chi connectivity index (χ0) is 50.6. The van der Waals surface area contributed by atoms with Crippen molar-refractivity contribution in [1.29, 1.82) is 0 Å². The molecule has 0 aromatic carbocycles. The number of nitrogens with one attached hydrogen (secondary N) is 5. The van der Waals surface area contributed by atoms with E-state index in [1.807, 2.05) is 0 Å². The normalized spacial score (nSPS) is 12.2. The SMILES string of the molecule is Cc1cc(=O)c(O)c(CNC(=O)CCC(CCC(=O)NCc2c(O)c(=O)cc(C)n2C)(CCC(=O)NCc2c(O)c(=O)cc(C)n2C)NC(=O)NC(=O)CCC(=O)CCN2C(=O)C=CC2=O)n1C. The molecule has 3 aromatic heterocycles. The van der Waals surface area contributed by atoms with Gasteiger partial charge in [0.1, 0.15) is 5.78 Å². The lowest BCUT2D eigenvalue weighted by atomic mass is 9.83. The van der Waals surface area contributed by atoms with E-state index in [1.165, 1.54) is 31.9 Å². The van der Waals surface area contributed by atoms with Gasteiger partial charge < -0.3 is 50.3 Å². The van der Waals surface area contributed by atoms with Crippen molar-refractivity contribution in [1.82, 2.24) is 45.2 Å². The van der Waals surface area contributed by atoms with Crippen LogP contribution in [0, 0.1) is 20.8 Å². The summed E-state index contributed by atoms with van der Waals surface area (Å²) in [6.07, 6.45) is -0.945. The van der Waals surface area contributed by atoms with E-state index < -0.39 is 92.8 Å². The molecule has 0 atom stereocenters. The van der Waals surface area contributed by atoms with Crippen molar-refractivity contribution >= 4 is 47.3 Å². The second-order valence-electron chi connectivity index (χ2n) is 16.6. The van der Waals surface area contributed by atoms with Crippen LogP contribution in [0.5, 0.6) is 17.2 Å². The Morgan fingerprint density at radius 1 is 0.515 bits per heavy atom. The largest absolute Gasteiger partial charge is 0.503 e. The number of aryl methyl sites for hydroxylation is 3. The first kappa shape index (κ1) is 52.8. The Balaban J connectivity index is 1.58. The van der Waals surface area contributed by atoms with E-state index in [0.29, 0.717) is 17.1 Å². The number of imide groups is 2. The van der Waals surface area contributed by atoms with Gasteiger partial charge in [-0.15, -0.1) is 0 Å². The molecule has 8 amide bonds. The molecule has 23 heteroatoms. The van der Waals surface area contributed by atoms with Crippen LogP contribution in [0.4, 0.5) is 4.79 Å². The van der Waals surface area contributed by atoms with Crippen molar-refractivity contribution in [3.8, 4) is 17.2 Å².